The van der Waals surface area contributed by atoms with Gasteiger partial charge in [0, 0.05) is 42.1 Å². The Bertz CT molecular complexity index is 1260. The molecule has 180 valence electrons. The molecule has 1 saturated heterocycles. The van der Waals surface area contributed by atoms with E-state index in [0.717, 1.165) is 48.6 Å². The van der Waals surface area contributed by atoms with Crippen molar-refractivity contribution in [1.82, 2.24) is 25.6 Å². The van der Waals surface area contributed by atoms with Gasteiger partial charge in [-0.25, -0.2) is 15.0 Å². The van der Waals surface area contributed by atoms with Gasteiger partial charge in [0.1, 0.15) is 0 Å². The summed E-state index contributed by atoms with van der Waals surface area (Å²) in [6.07, 6.45) is 11.5. The second-order valence-electron chi connectivity index (χ2n) is 8.37. The molecular weight excluding hydrogens is 471 g/mol. The maximum atomic E-state index is 14.5. The minimum atomic E-state index is -0.476. The predicted octanol–water partition coefficient (Wildman–Crippen LogP) is 4.11. The van der Waals surface area contributed by atoms with Crippen molar-refractivity contribution in [1.29, 1.82) is 0 Å². The highest BCUT2D eigenvalue weighted by atomic mass is 32.2. The van der Waals surface area contributed by atoms with E-state index >= 15 is 0 Å². The summed E-state index contributed by atoms with van der Waals surface area (Å²) in [7, 11) is 0. The first-order chi connectivity index (χ1) is 17.0. The van der Waals surface area contributed by atoms with E-state index in [1.54, 1.807) is 36.9 Å². The Hall–Kier alpha value is -3.57. The van der Waals surface area contributed by atoms with Crippen LogP contribution in [0.2, 0.25) is 0 Å². The van der Waals surface area contributed by atoms with Crippen LogP contribution in [0.5, 0.6) is 0 Å². The van der Waals surface area contributed by atoms with Crippen molar-refractivity contribution in [2.75, 3.05) is 5.32 Å². The second-order valence-corrected chi connectivity index (χ2v) is 9.39. The number of nitrogens with one attached hydrogen (secondary N) is 3. The number of halogens is 1. The zero-order valence-electron chi connectivity index (χ0n) is 18.7. The molecule has 3 N–H and O–H groups in total. The van der Waals surface area contributed by atoms with E-state index in [1.165, 1.54) is 6.20 Å². The molecule has 5 rings (SSSR count). The van der Waals surface area contributed by atoms with Gasteiger partial charge in [0.25, 0.3) is 11.1 Å². The Morgan fingerprint density at radius 3 is 2.66 bits per heavy atom. The first-order valence-corrected chi connectivity index (χ1v) is 12.1. The number of imide groups is 1. The van der Waals surface area contributed by atoms with Crippen LogP contribution < -0.4 is 16.0 Å². The van der Waals surface area contributed by atoms with Crippen molar-refractivity contribution >= 4 is 34.9 Å². The quantitative estimate of drug-likeness (QED) is 0.329. The number of aromatic nitrogens is 3. The van der Waals surface area contributed by atoms with Crippen LogP contribution >= 0.6 is 11.8 Å². The van der Waals surface area contributed by atoms with Crippen LogP contribution in [0.15, 0.2) is 52.4 Å². The van der Waals surface area contributed by atoms with Gasteiger partial charge in [-0.1, -0.05) is 0 Å². The van der Waals surface area contributed by atoms with E-state index in [0.29, 0.717) is 28.7 Å². The molecule has 9 nitrogen and oxygen atoms in total. The third kappa shape index (κ3) is 5.57. The van der Waals surface area contributed by atoms with E-state index in [1.807, 2.05) is 6.07 Å². The molecule has 35 heavy (non-hydrogen) atoms. The number of rotatable bonds is 7. The summed E-state index contributed by atoms with van der Waals surface area (Å²) in [5, 5.41) is 8.68. The van der Waals surface area contributed by atoms with Gasteiger partial charge >= 0.3 is 0 Å². The molecule has 0 spiro atoms. The SMILES string of the molecule is O=C1NC(=O)/C(=C\c2ccnc(NC3CCC(NCc4c(-c5ccoc5)ccnc4F)CC3)n2)S1. The Morgan fingerprint density at radius 2 is 1.91 bits per heavy atom. The molecule has 4 heterocycles. The van der Waals surface area contributed by atoms with E-state index in [4.69, 9.17) is 4.42 Å². The highest BCUT2D eigenvalue weighted by molar-refractivity contribution is 8.18. The molecule has 3 aromatic rings. The molecular formula is C24H23FN6O3S. The number of amides is 2. The maximum absolute atomic E-state index is 14.5. The Balaban J connectivity index is 1.15. The number of carbonyl (C=O) groups excluding carboxylic acids is 2. The zero-order chi connectivity index (χ0) is 24.2. The Kier molecular flexibility index (Phi) is 6.87. The number of furan rings is 1. The summed E-state index contributed by atoms with van der Waals surface area (Å²) >= 11 is 0.856. The lowest BCUT2D eigenvalue weighted by atomic mass is 9.91. The van der Waals surface area contributed by atoms with Gasteiger partial charge in [-0.05, 0) is 67.3 Å². The minimum Gasteiger partial charge on any atom is -0.472 e. The van der Waals surface area contributed by atoms with Crippen LogP contribution in [-0.4, -0.2) is 38.2 Å². The van der Waals surface area contributed by atoms with E-state index in [9.17, 15) is 14.0 Å². The molecule has 1 aliphatic carbocycles. The van der Waals surface area contributed by atoms with Crippen molar-refractivity contribution in [3.63, 3.8) is 0 Å². The lowest BCUT2D eigenvalue weighted by Gasteiger charge is -2.30. The van der Waals surface area contributed by atoms with Gasteiger partial charge in [-0.3, -0.25) is 14.9 Å². The van der Waals surface area contributed by atoms with Crippen LogP contribution in [0.4, 0.5) is 15.1 Å². The summed E-state index contributed by atoms with van der Waals surface area (Å²) in [6, 6.07) is 5.76. The highest BCUT2D eigenvalue weighted by Crippen LogP contribution is 2.27. The Labute approximate surface area is 205 Å². The number of hydrogen-bond acceptors (Lipinski definition) is 9. The van der Waals surface area contributed by atoms with E-state index in [2.05, 4.69) is 30.9 Å². The van der Waals surface area contributed by atoms with Crippen molar-refractivity contribution in [3.8, 4) is 11.1 Å². The largest absolute Gasteiger partial charge is 0.472 e. The molecule has 2 amide bonds. The lowest BCUT2D eigenvalue weighted by Crippen LogP contribution is -2.37. The fraction of sp³-hybridized carbons (Fsp3) is 0.292. The summed E-state index contributed by atoms with van der Waals surface area (Å²) in [4.78, 5) is 35.9. The van der Waals surface area contributed by atoms with Crippen LogP contribution in [0.25, 0.3) is 17.2 Å². The number of nitrogens with zero attached hydrogens (tertiary/aromatic N) is 3. The number of carbonyl (C=O) groups is 2. The third-order valence-corrected chi connectivity index (χ3v) is 6.87. The number of thioether (sulfide) groups is 1. The standard InChI is InChI=1S/C24H23FN6O3S/c25-21-19(18(6-9-26-21)14-7-10-34-13-14)12-28-15-1-3-16(4-2-15)29-23-27-8-5-17(30-23)11-20-22(32)31-24(33)35-20/h5-11,13,15-16,28H,1-4,12H2,(H,27,29,30)(H,31,32,33)/b20-11+. The molecule has 1 saturated carbocycles. The molecule has 11 heteroatoms. The van der Waals surface area contributed by atoms with Crippen LogP contribution in [-0.2, 0) is 11.3 Å². The molecule has 0 aromatic carbocycles. The van der Waals surface area contributed by atoms with Gasteiger partial charge in [-0.15, -0.1) is 0 Å². The Morgan fingerprint density at radius 1 is 1.11 bits per heavy atom. The number of hydrogen-bond donors (Lipinski definition) is 3. The van der Waals surface area contributed by atoms with Gasteiger partial charge in [0.2, 0.25) is 11.9 Å². The van der Waals surface area contributed by atoms with Crippen molar-refractivity contribution < 1.29 is 18.4 Å². The molecule has 3 aromatic heterocycles. The number of anilines is 1. The second kappa shape index (κ2) is 10.4. The first kappa shape index (κ1) is 23.2. The topological polar surface area (TPSA) is 122 Å². The lowest BCUT2D eigenvalue weighted by molar-refractivity contribution is -0.115. The molecule has 0 unspecified atom stereocenters. The first-order valence-electron chi connectivity index (χ1n) is 11.3. The van der Waals surface area contributed by atoms with Crippen LogP contribution in [0, 0.1) is 5.95 Å². The summed E-state index contributed by atoms with van der Waals surface area (Å²) in [5.41, 5.74) is 2.69. The molecule has 0 atom stereocenters. The normalized spacial score (nSPS) is 21.3. The highest BCUT2D eigenvalue weighted by Gasteiger charge is 2.26. The third-order valence-electron chi connectivity index (χ3n) is 6.06. The van der Waals surface area contributed by atoms with E-state index < -0.39 is 11.9 Å². The summed E-state index contributed by atoms with van der Waals surface area (Å²) in [5.74, 6) is -0.411. The van der Waals surface area contributed by atoms with Crippen molar-refractivity contribution in [3.05, 3.63) is 65.2 Å². The molecule has 1 aliphatic heterocycles. The van der Waals surface area contributed by atoms with Gasteiger partial charge in [-0.2, -0.15) is 4.39 Å². The van der Waals surface area contributed by atoms with E-state index in [-0.39, 0.29) is 17.3 Å². The fourth-order valence-corrected chi connectivity index (χ4v) is 4.94. The maximum Gasteiger partial charge on any atom is 0.290 e. The monoisotopic (exact) mass is 494 g/mol. The molecule has 2 fully saturated rings. The average Bonchev–Trinajstić information content (AvgIpc) is 3.49. The fourth-order valence-electron chi connectivity index (χ4n) is 4.27. The van der Waals surface area contributed by atoms with Crippen molar-refractivity contribution in [2.45, 2.75) is 44.3 Å². The van der Waals surface area contributed by atoms with Crippen molar-refractivity contribution in [2.24, 2.45) is 0 Å². The van der Waals surface area contributed by atoms with Gasteiger partial charge < -0.3 is 15.1 Å². The zero-order valence-corrected chi connectivity index (χ0v) is 19.5. The smallest absolute Gasteiger partial charge is 0.290 e. The summed E-state index contributed by atoms with van der Waals surface area (Å²) < 4.78 is 19.6. The molecule has 0 radical (unpaired) electrons. The molecule has 0 bridgehead atoms. The van der Waals surface area contributed by atoms with Gasteiger partial charge in [0.05, 0.1) is 23.1 Å². The average molecular weight is 495 g/mol. The number of pyridine rings is 1. The van der Waals surface area contributed by atoms with Crippen LogP contribution in [0.3, 0.4) is 0 Å². The molecule has 2 aliphatic rings. The van der Waals surface area contributed by atoms with Crippen LogP contribution in [0.1, 0.15) is 36.9 Å². The minimum absolute atomic E-state index is 0.207. The van der Waals surface area contributed by atoms with Gasteiger partial charge in [0.15, 0.2) is 0 Å². The predicted molar refractivity (Wildman–Crippen MR) is 130 cm³/mol. The summed E-state index contributed by atoms with van der Waals surface area (Å²) in [6.45, 7) is 0.386.